The Morgan fingerprint density at radius 2 is 1.76 bits per heavy atom. The maximum Gasteiger partial charge on any atom is 0.417 e. The van der Waals surface area contributed by atoms with Crippen molar-refractivity contribution < 1.29 is 31.1 Å². The van der Waals surface area contributed by atoms with E-state index in [0.29, 0.717) is 50.7 Å². The molecule has 0 radical (unpaired) electrons. The van der Waals surface area contributed by atoms with E-state index in [9.17, 15) is 26.4 Å². The van der Waals surface area contributed by atoms with Gasteiger partial charge in [0, 0.05) is 44.0 Å². The number of carbonyl (C=O) groups is 1. The molecule has 2 aliphatic heterocycles. The first kappa shape index (κ1) is 24.4. The molecule has 12 heteroatoms. The van der Waals surface area contributed by atoms with E-state index in [4.69, 9.17) is 4.74 Å². The average Bonchev–Trinajstić information content (AvgIpc) is 2.84. The van der Waals surface area contributed by atoms with E-state index in [2.05, 4.69) is 10.3 Å². The van der Waals surface area contributed by atoms with Gasteiger partial charge in [-0.3, -0.25) is 4.79 Å². The number of morpholine rings is 1. The highest BCUT2D eigenvalue weighted by atomic mass is 32.2. The number of carbonyl (C=O) groups excluding carboxylic acids is 1. The van der Waals surface area contributed by atoms with E-state index in [-0.39, 0.29) is 29.8 Å². The third-order valence-electron chi connectivity index (χ3n) is 5.97. The minimum atomic E-state index is -4.44. The highest BCUT2D eigenvalue weighted by Gasteiger charge is 2.32. The maximum absolute atomic E-state index is 12.9. The van der Waals surface area contributed by atoms with Crippen molar-refractivity contribution in [3.63, 3.8) is 0 Å². The Labute approximate surface area is 195 Å². The Morgan fingerprint density at radius 1 is 1.06 bits per heavy atom. The van der Waals surface area contributed by atoms with Crippen molar-refractivity contribution in [1.29, 1.82) is 0 Å². The second-order valence-electron chi connectivity index (χ2n) is 8.20. The van der Waals surface area contributed by atoms with Gasteiger partial charge in [0.05, 0.1) is 23.7 Å². The number of sulfonamides is 1. The van der Waals surface area contributed by atoms with Crippen molar-refractivity contribution in [1.82, 2.24) is 9.29 Å². The van der Waals surface area contributed by atoms with Crippen LogP contribution in [0.3, 0.4) is 0 Å². The van der Waals surface area contributed by atoms with E-state index < -0.39 is 21.8 Å². The zero-order valence-electron chi connectivity index (χ0n) is 18.3. The normalized spacial score (nSPS) is 18.6. The molecule has 0 saturated carbocycles. The van der Waals surface area contributed by atoms with Crippen LogP contribution in [0.2, 0.25) is 0 Å². The Bertz CT molecular complexity index is 1110. The Kier molecular flexibility index (Phi) is 7.10. The Balaban J connectivity index is 1.35. The van der Waals surface area contributed by atoms with Crippen molar-refractivity contribution in [3.05, 3.63) is 48.2 Å². The fourth-order valence-electron chi connectivity index (χ4n) is 4.03. The van der Waals surface area contributed by atoms with Gasteiger partial charge in [0.25, 0.3) is 0 Å². The Morgan fingerprint density at radius 3 is 2.38 bits per heavy atom. The number of aromatic nitrogens is 1. The minimum absolute atomic E-state index is 0.107. The number of benzene rings is 1. The molecule has 1 N–H and O–H groups in total. The van der Waals surface area contributed by atoms with Crippen LogP contribution in [0, 0.1) is 5.92 Å². The lowest BCUT2D eigenvalue weighted by Gasteiger charge is -2.32. The summed E-state index contributed by atoms with van der Waals surface area (Å²) in [6.07, 6.45) is -2.62. The van der Waals surface area contributed by atoms with E-state index in [1.807, 2.05) is 4.90 Å². The third-order valence-corrected chi connectivity index (χ3v) is 7.87. The monoisotopic (exact) mass is 498 g/mol. The number of pyridine rings is 1. The van der Waals surface area contributed by atoms with Crippen LogP contribution in [0.4, 0.5) is 24.7 Å². The van der Waals surface area contributed by atoms with Gasteiger partial charge < -0.3 is 15.0 Å². The predicted molar refractivity (Wildman–Crippen MR) is 119 cm³/mol. The van der Waals surface area contributed by atoms with Crippen molar-refractivity contribution in [3.8, 4) is 0 Å². The fraction of sp³-hybridized carbons (Fsp3) is 0.455. The smallest absolute Gasteiger partial charge is 0.379 e. The summed E-state index contributed by atoms with van der Waals surface area (Å²) in [5.41, 5.74) is -0.408. The fourth-order valence-corrected chi connectivity index (χ4v) is 5.48. The van der Waals surface area contributed by atoms with Gasteiger partial charge in [-0.15, -0.1) is 0 Å². The summed E-state index contributed by atoms with van der Waals surface area (Å²) in [5.74, 6) is -0.0842. The second kappa shape index (κ2) is 9.88. The number of amides is 1. The van der Waals surface area contributed by atoms with Crippen LogP contribution in [0.1, 0.15) is 18.4 Å². The first-order valence-corrected chi connectivity index (χ1v) is 12.4. The second-order valence-corrected chi connectivity index (χ2v) is 10.1. The number of hydrogen-bond donors (Lipinski definition) is 1. The molecular weight excluding hydrogens is 473 g/mol. The molecule has 1 aromatic carbocycles. The van der Waals surface area contributed by atoms with Crippen molar-refractivity contribution in [2.45, 2.75) is 23.9 Å². The van der Waals surface area contributed by atoms with Gasteiger partial charge in [-0.2, -0.15) is 17.5 Å². The van der Waals surface area contributed by atoms with Crippen LogP contribution in [0.25, 0.3) is 0 Å². The van der Waals surface area contributed by atoms with E-state index >= 15 is 0 Å². The molecule has 184 valence electrons. The van der Waals surface area contributed by atoms with E-state index in [1.54, 1.807) is 12.1 Å². The molecule has 0 atom stereocenters. The minimum Gasteiger partial charge on any atom is -0.379 e. The van der Waals surface area contributed by atoms with Crippen LogP contribution in [-0.2, 0) is 25.7 Å². The summed E-state index contributed by atoms with van der Waals surface area (Å²) >= 11 is 0. The zero-order valence-corrected chi connectivity index (χ0v) is 19.1. The molecule has 4 rings (SSSR count). The standard InChI is InChI=1S/C22H25F3N4O4S/c23-22(24,25)17-4-5-20(26-15-17)28-8-6-16(7-9-28)21(30)27-18-2-1-3-19(14-18)34(31,32)29-10-12-33-13-11-29/h1-5,14-16H,6-13H2,(H,27,30). The summed E-state index contributed by atoms with van der Waals surface area (Å²) in [6, 6.07) is 8.50. The SMILES string of the molecule is O=C(Nc1cccc(S(=O)(=O)N2CCOCC2)c1)C1CCN(c2ccc(C(F)(F)F)cn2)CC1. The summed E-state index contributed by atoms with van der Waals surface area (Å²) in [7, 11) is -3.68. The molecule has 3 heterocycles. The lowest BCUT2D eigenvalue weighted by Crippen LogP contribution is -2.40. The van der Waals surface area contributed by atoms with E-state index in [0.717, 1.165) is 12.3 Å². The van der Waals surface area contributed by atoms with Crippen molar-refractivity contribution >= 4 is 27.4 Å². The molecule has 0 spiro atoms. The summed E-state index contributed by atoms with van der Waals surface area (Å²) in [6.45, 7) is 2.20. The number of nitrogens with zero attached hydrogens (tertiary/aromatic N) is 3. The van der Waals surface area contributed by atoms with Crippen LogP contribution < -0.4 is 10.2 Å². The molecule has 1 aromatic heterocycles. The molecule has 2 aromatic rings. The van der Waals surface area contributed by atoms with Crippen LogP contribution in [-0.4, -0.2) is 63.0 Å². The highest BCUT2D eigenvalue weighted by Crippen LogP contribution is 2.30. The van der Waals surface area contributed by atoms with Gasteiger partial charge in [-0.1, -0.05) is 6.07 Å². The van der Waals surface area contributed by atoms with Crippen LogP contribution in [0.5, 0.6) is 0 Å². The molecule has 0 aliphatic carbocycles. The number of hydrogen-bond acceptors (Lipinski definition) is 6. The van der Waals surface area contributed by atoms with Gasteiger partial charge in [-0.05, 0) is 43.2 Å². The lowest BCUT2D eigenvalue weighted by molar-refractivity contribution is -0.137. The molecule has 2 aliphatic rings. The van der Waals surface area contributed by atoms with Gasteiger partial charge in [0.15, 0.2) is 0 Å². The number of nitrogens with one attached hydrogen (secondary N) is 1. The summed E-state index contributed by atoms with van der Waals surface area (Å²) in [4.78, 5) is 18.6. The van der Waals surface area contributed by atoms with Gasteiger partial charge in [-0.25, -0.2) is 13.4 Å². The molecule has 0 bridgehead atoms. The van der Waals surface area contributed by atoms with Crippen molar-refractivity contribution in [2.75, 3.05) is 49.6 Å². The first-order chi connectivity index (χ1) is 16.1. The molecule has 2 saturated heterocycles. The molecule has 0 unspecified atom stereocenters. The number of rotatable bonds is 5. The van der Waals surface area contributed by atoms with Crippen molar-refractivity contribution in [2.24, 2.45) is 5.92 Å². The van der Waals surface area contributed by atoms with Gasteiger partial charge >= 0.3 is 6.18 Å². The number of ether oxygens (including phenoxy) is 1. The quantitative estimate of drug-likeness (QED) is 0.682. The molecule has 34 heavy (non-hydrogen) atoms. The lowest BCUT2D eigenvalue weighted by atomic mass is 9.95. The predicted octanol–water partition coefficient (Wildman–Crippen LogP) is 2.98. The number of halogens is 3. The summed E-state index contributed by atoms with van der Waals surface area (Å²) < 4.78 is 70.5. The van der Waals surface area contributed by atoms with Crippen LogP contribution >= 0.6 is 0 Å². The molecule has 1 amide bonds. The topological polar surface area (TPSA) is 91.8 Å². The van der Waals surface area contributed by atoms with Gasteiger partial charge in [0.1, 0.15) is 5.82 Å². The average molecular weight is 499 g/mol. The largest absolute Gasteiger partial charge is 0.417 e. The molecule has 2 fully saturated rings. The first-order valence-electron chi connectivity index (χ1n) is 10.9. The molecule has 8 nitrogen and oxygen atoms in total. The number of anilines is 2. The third kappa shape index (κ3) is 5.50. The summed E-state index contributed by atoms with van der Waals surface area (Å²) in [5, 5.41) is 2.80. The number of piperidine rings is 1. The maximum atomic E-state index is 12.9. The van der Waals surface area contributed by atoms with Crippen LogP contribution in [0.15, 0.2) is 47.5 Å². The van der Waals surface area contributed by atoms with E-state index in [1.165, 1.54) is 22.5 Å². The highest BCUT2D eigenvalue weighted by molar-refractivity contribution is 7.89. The van der Waals surface area contributed by atoms with Gasteiger partial charge in [0.2, 0.25) is 15.9 Å². The zero-order chi connectivity index (χ0) is 24.3. The number of alkyl halides is 3. The Hall–Kier alpha value is -2.70. The molecular formula is C22H25F3N4O4S.